The van der Waals surface area contributed by atoms with Gasteiger partial charge in [0.05, 0.1) is 27.9 Å². The Labute approximate surface area is 349 Å². The highest BCUT2D eigenvalue weighted by Crippen LogP contribution is 2.41. The first kappa shape index (κ1) is 34.7. The summed E-state index contributed by atoms with van der Waals surface area (Å²) in [5, 5.41) is 7.60. The van der Waals surface area contributed by atoms with Gasteiger partial charge in [0.25, 0.3) is 0 Å². The van der Waals surface area contributed by atoms with Gasteiger partial charge in [0.15, 0.2) is 5.82 Å². The third-order valence-electron chi connectivity index (χ3n) is 12.7. The molecule has 0 atom stereocenters. The van der Waals surface area contributed by atoms with Gasteiger partial charge in [-0.05, 0) is 87.6 Å². The van der Waals surface area contributed by atoms with Gasteiger partial charge < -0.3 is 8.98 Å². The minimum absolute atomic E-state index is 0.719. The topological polar surface area (TPSA) is 43.9 Å². The average Bonchev–Trinajstić information content (AvgIpc) is 3.92. The molecule has 0 unspecified atom stereocenters. The standard InChI is InChI=1S/C55H39N3OSi/c1-34-31-46-50(30-28-40(54(46)59-34)39-25-27-43-42-16-9-12-20-51(42)60(2,3)52(43)33-39)58-48-19-11-8-15-41(48)45-32-38(26-29-49(45)58)35-21-23-37(24-22-35)55-56-47-18-10-7-17-44(47)53(57-55)36-13-5-4-6-14-36/h4-33H,1-3H3. The van der Waals surface area contributed by atoms with E-state index in [0.29, 0.717) is 0 Å². The number of hydrogen-bond acceptors (Lipinski definition) is 3. The van der Waals surface area contributed by atoms with Gasteiger partial charge in [-0.3, -0.25) is 0 Å². The van der Waals surface area contributed by atoms with Crippen LogP contribution in [0, 0.1) is 6.92 Å². The lowest BCUT2D eigenvalue weighted by Crippen LogP contribution is -2.49. The summed E-state index contributed by atoms with van der Waals surface area (Å²) in [5.74, 6) is 1.62. The van der Waals surface area contributed by atoms with E-state index in [0.717, 1.165) is 78.2 Å². The highest BCUT2D eigenvalue weighted by Gasteiger charge is 2.37. The third kappa shape index (κ3) is 5.22. The van der Waals surface area contributed by atoms with Gasteiger partial charge in [-0.15, -0.1) is 0 Å². The number of aryl methyl sites for hydroxylation is 1. The van der Waals surface area contributed by atoms with Crippen molar-refractivity contribution in [2.45, 2.75) is 20.0 Å². The van der Waals surface area contributed by atoms with Crippen molar-refractivity contribution < 1.29 is 4.42 Å². The Morgan fingerprint density at radius 2 is 1.12 bits per heavy atom. The van der Waals surface area contributed by atoms with E-state index in [1.54, 1.807) is 0 Å². The van der Waals surface area contributed by atoms with E-state index in [9.17, 15) is 0 Å². The molecule has 11 aromatic rings. The molecule has 0 aliphatic carbocycles. The first-order chi connectivity index (χ1) is 29.4. The third-order valence-corrected chi connectivity index (χ3v) is 16.3. The Morgan fingerprint density at radius 3 is 1.98 bits per heavy atom. The molecular formula is C55H39N3OSi. The predicted octanol–water partition coefficient (Wildman–Crippen LogP) is 13.3. The molecule has 284 valence electrons. The van der Waals surface area contributed by atoms with Crippen LogP contribution in [0.3, 0.4) is 0 Å². The predicted molar refractivity (Wildman–Crippen MR) is 252 cm³/mol. The number of hydrogen-bond donors (Lipinski definition) is 0. The Bertz CT molecular complexity index is 3520. The van der Waals surface area contributed by atoms with Crippen LogP contribution in [-0.4, -0.2) is 22.6 Å². The van der Waals surface area contributed by atoms with Gasteiger partial charge in [0, 0.05) is 38.2 Å². The number of fused-ring (bicyclic) bond motifs is 8. The molecule has 0 saturated heterocycles. The Hall–Kier alpha value is -7.34. The molecule has 0 radical (unpaired) electrons. The van der Waals surface area contributed by atoms with E-state index in [-0.39, 0.29) is 0 Å². The monoisotopic (exact) mass is 785 g/mol. The van der Waals surface area contributed by atoms with Crippen molar-refractivity contribution in [3.63, 3.8) is 0 Å². The summed E-state index contributed by atoms with van der Waals surface area (Å²) in [4.78, 5) is 10.1. The molecule has 0 spiro atoms. The van der Waals surface area contributed by atoms with Crippen molar-refractivity contribution in [1.29, 1.82) is 0 Å². The SMILES string of the molecule is Cc1cc2c(-n3c4ccccc4c4cc(-c5ccc(-c6nc(-c7ccccc7)c7ccccc7n6)cc5)ccc43)ccc(-c3ccc4c(c3)[Si](C)(C)c3ccccc3-4)c2o1. The van der Waals surface area contributed by atoms with Crippen molar-refractivity contribution >= 4 is 62.1 Å². The number of aromatic nitrogens is 3. The smallest absolute Gasteiger partial charge is 0.160 e. The zero-order chi connectivity index (χ0) is 40.1. The lowest BCUT2D eigenvalue weighted by Gasteiger charge is -2.19. The molecule has 4 nitrogen and oxygen atoms in total. The zero-order valence-electron chi connectivity index (χ0n) is 33.6. The van der Waals surface area contributed by atoms with E-state index in [2.05, 4.69) is 188 Å². The largest absolute Gasteiger partial charge is 0.461 e. The fourth-order valence-electron chi connectivity index (χ4n) is 9.77. The van der Waals surface area contributed by atoms with E-state index in [1.165, 1.54) is 43.4 Å². The molecule has 1 aliphatic rings. The summed E-state index contributed by atoms with van der Waals surface area (Å²) in [6, 6.07) is 65.6. The lowest BCUT2D eigenvalue weighted by atomic mass is 9.98. The second kappa shape index (κ2) is 13.1. The summed E-state index contributed by atoms with van der Waals surface area (Å²) >= 11 is 0. The van der Waals surface area contributed by atoms with Gasteiger partial charge in [0.1, 0.15) is 19.4 Å². The number of benzene rings is 8. The molecule has 60 heavy (non-hydrogen) atoms. The van der Waals surface area contributed by atoms with Crippen LogP contribution in [0.25, 0.3) is 105 Å². The van der Waals surface area contributed by atoms with Crippen LogP contribution in [0.15, 0.2) is 186 Å². The highest BCUT2D eigenvalue weighted by atomic mass is 28.3. The molecule has 0 N–H and O–H groups in total. The summed E-state index contributed by atoms with van der Waals surface area (Å²) in [5.41, 5.74) is 15.7. The van der Waals surface area contributed by atoms with Crippen molar-refractivity contribution in [2.75, 3.05) is 0 Å². The van der Waals surface area contributed by atoms with Gasteiger partial charge in [-0.2, -0.15) is 0 Å². The Kier molecular flexibility index (Phi) is 7.56. The maximum Gasteiger partial charge on any atom is 0.160 e. The lowest BCUT2D eigenvalue weighted by molar-refractivity contribution is 0.579. The van der Waals surface area contributed by atoms with Crippen LogP contribution in [0.2, 0.25) is 13.1 Å². The second-order valence-electron chi connectivity index (χ2n) is 16.6. The van der Waals surface area contributed by atoms with Crippen LogP contribution in [0.1, 0.15) is 5.76 Å². The molecule has 0 bridgehead atoms. The number of rotatable bonds is 5. The van der Waals surface area contributed by atoms with Crippen molar-refractivity contribution in [3.05, 3.63) is 188 Å². The van der Waals surface area contributed by atoms with Crippen molar-refractivity contribution in [1.82, 2.24) is 14.5 Å². The summed E-state index contributed by atoms with van der Waals surface area (Å²) in [6.07, 6.45) is 0. The molecule has 8 aromatic carbocycles. The first-order valence-corrected chi connectivity index (χ1v) is 23.7. The van der Waals surface area contributed by atoms with Gasteiger partial charge in [-0.25, -0.2) is 9.97 Å². The minimum atomic E-state index is -1.83. The number of furan rings is 1. The Morgan fingerprint density at radius 1 is 0.450 bits per heavy atom. The van der Waals surface area contributed by atoms with Gasteiger partial charge >= 0.3 is 0 Å². The van der Waals surface area contributed by atoms with E-state index in [1.807, 2.05) is 18.2 Å². The fraction of sp³-hybridized carbons (Fsp3) is 0.0545. The number of para-hydroxylation sites is 2. The molecule has 4 heterocycles. The average molecular weight is 786 g/mol. The van der Waals surface area contributed by atoms with E-state index < -0.39 is 8.07 Å². The Balaban J connectivity index is 0.945. The zero-order valence-corrected chi connectivity index (χ0v) is 34.6. The molecule has 12 rings (SSSR count). The number of nitrogens with zero attached hydrogens (tertiary/aromatic N) is 3. The second-order valence-corrected chi connectivity index (χ2v) is 20.9. The highest BCUT2D eigenvalue weighted by molar-refractivity contribution is 7.03. The van der Waals surface area contributed by atoms with Crippen LogP contribution < -0.4 is 10.4 Å². The fourth-order valence-corrected chi connectivity index (χ4v) is 12.9. The molecule has 0 saturated carbocycles. The van der Waals surface area contributed by atoms with Gasteiger partial charge in [-0.1, -0.05) is 153 Å². The van der Waals surface area contributed by atoms with E-state index >= 15 is 0 Å². The summed E-state index contributed by atoms with van der Waals surface area (Å²) < 4.78 is 9.02. The van der Waals surface area contributed by atoms with Crippen molar-refractivity contribution in [2.24, 2.45) is 0 Å². The molecule has 3 aromatic heterocycles. The summed E-state index contributed by atoms with van der Waals surface area (Å²) in [7, 11) is -1.83. The first-order valence-electron chi connectivity index (χ1n) is 20.7. The normalized spacial score (nSPS) is 13.1. The van der Waals surface area contributed by atoms with Gasteiger partial charge in [0.2, 0.25) is 0 Å². The molecule has 1 aliphatic heterocycles. The van der Waals surface area contributed by atoms with Crippen LogP contribution in [-0.2, 0) is 0 Å². The van der Waals surface area contributed by atoms with Crippen LogP contribution >= 0.6 is 0 Å². The molecule has 0 amide bonds. The minimum Gasteiger partial charge on any atom is -0.461 e. The van der Waals surface area contributed by atoms with E-state index in [4.69, 9.17) is 14.4 Å². The summed E-state index contributed by atoms with van der Waals surface area (Å²) in [6.45, 7) is 7.01. The maximum absolute atomic E-state index is 6.61. The molecule has 5 heteroatoms. The molecule has 0 fully saturated rings. The van der Waals surface area contributed by atoms with Crippen LogP contribution in [0.4, 0.5) is 0 Å². The van der Waals surface area contributed by atoms with Crippen LogP contribution in [0.5, 0.6) is 0 Å². The van der Waals surface area contributed by atoms with Crippen molar-refractivity contribution in [3.8, 4) is 61.7 Å². The quantitative estimate of drug-likeness (QED) is 0.163. The molecular weight excluding hydrogens is 747 g/mol. The maximum atomic E-state index is 6.61.